The van der Waals surface area contributed by atoms with Crippen molar-refractivity contribution >= 4 is 23.5 Å². The van der Waals surface area contributed by atoms with Gasteiger partial charge in [-0.25, -0.2) is 0 Å². The Morgan fingerprint density at radius 1 is 0.773 bits per heavy atom. The first kappa shape index (κ1) is 16.1. The summed E-state index contributed by atoms with van der Waals surface area (Å²) in [5.74, 6) is 1.36. The third-order valence-electron chi connectivity index (χ3n) is 2.96. The van der Waals surface area contributed by atoms with Crippen molar-refractivity contribution in [2.45, 2.75) is 9.79 Å². The van der Waals surface area contributed by atoms with E-state index in [1.807, 2.05) is 36.4 Å². The van der Waals surface area contributed by atoms with Crippen molar-refractivity contribution in [3.63, 3.8) is 0 Å². The zero-order chi connectivity index (χ0) is 15.9. The molecule has 2 aromatic carbocycles. The summed E-state index contributed by atoms with van der Waals surface area (Å²) in [6.07, 6.45) is 0. The normalized spacial score (nSPS) is 9.64. The van der Waals surface area contributed by atoms with E-state index in [4.69, 9.17) is 20.0 Å². The van der Waals surface area contributed by atoms with Crippen LogP contribution in [0.2, 0.25) is 0 Å². The Labute approximate surface area is 137 Å². The van der Waals surface area contributed by atoms with Crippen LogP contribution in [-0.2, 0) is 0 Å². The van der Waals surface area contributed by atoms with Crippen LogP contribution >= 0.6 is 23.5 Å². The molecule has 2 aromatic rings. The highest BCUT2D eigenvalue weighted by Gasteiger charge is 2.13. The first-order valence-corrected chi connectivity index (χ1v) is 7.85. The Bertz CT molecular complexity index is 698. The third-order valence-corrected chi connectivity index (χ3v) is 4.12. The lowest BCUT2D eigenvalue weighted by Gasteiger charge is -2.14. The van der Waals surface area contributed by atoms with Gasteiger partial charge in [0.15, 0.2) is 0 Å². The molecule has 0 N–H and O–H groups in total. The fourth-order valence-corrected chi connectivity index (χ4v) is 2.86. The topological polar surface area (TPSA) is 66.0 Å². The summed E-state index contributed by atoms with van der Waals surface area (Å²) in [7, 11) is 3.19. The van der Waals surface area contributed by atoms with Crippen molar-refractivity contribution in [3.8, 4) is 33.4 Å². The summed E-state index contributed by atoms with van der Waals surface area (Å²) >= 11 is 2.17. The summed E-state index contributed by atoms with van der Waals surface area (Å²) in [6.45, 7) is 0. The van der Waals surface area contributed by atoms with Crippen LogP contribution in [-0.4, -0.2) is 14.2 Å². The summed E-state index contributed by atoms with van der Waals surface area (Å²) in [5, 5.41) is 21.8. The molecule has 2 rings (SSSR count). The van der Waals surface area contributed by atoms with Crippen molar-refractivity contribution in [3.05, 3.63) is 36.4 Å². The van der Waals surface area contributed by atoms with Crippen molar-refractivity contribution in [1.82, 2.24) is 0 Å². The van der Waals surface area contributed by atoms with E-state index in [2.05, 4.69) is 10.8 Å². The highest BCUT2D eigenvalue weighted by atomic mass is 32.2. The lowest BCUT2D eigenvalue weighted by Crippen LogP contribution is -1.92. The number of methoxy groups -OCH3 is 2. The van der Waals surface area contributed by atoms with Gasteiger partial charge in [0.25, 0.3) is 0 Å². The molecular formula is C16H12N2O2S2. The predicted octanol–water partition coefficient (Wildman–Crippen LogP) is 4.52. The SMILES string of the molecule is COc1ccc(SC#N)cc1-c1cc(SC#N)ccc1OC. The zero-order valence-electron chi connectivity index (χ0n) is 12.0. The molecule has 0 aliphatic rings. The third kappa shape index (κ3) is 3.48. The molecule has 0 radical (unpaired) electrons. The van der Waals surface area contributed by atoms with E-state index in [-0.39, 0.29) is 0 Å². The number of rotatable bonds is 5. The number of ether oxygens (including phenoxy) is 2. The average Bonchev–Trinajstić information content (AvgIpc) is 2.55. The molecule has 0 saturated carbocycles. The number of benzene rings is 2. The lowest BCUT2D eigenvalue weighted by atomic mass is 10.0. The zero-order valence-corrected chi connectivity index (χ0v) is 13.6. The van der Waals surface area contributed by atoms with Crippen molar-refractivity contribution in [1.29, 1.82) is 10.5 Å². The van der Waals surface area contributed by atoms with Gasteiger partial charge in [-0.2, -0.15) is 10.5 Å². The minimum Gasteiger partial charge on any atom is -0.496 e. The molecule has 0 bridgehead atoms. The van der Waals surface area contributed by atoms with E-state index in [0.717, 1.165) is 44.4 Å². The number of thiocyanates is 2. The Kier molecular flexibility index (Phi) is 5.60. The number of hydrogen-bond acceptors (Lipinski definition) is 6. The van der Waals surface area contributed by atoms with Crippen LogP contribution in [0.1, 0.15) is 0 Å². The van der Waals surface area contributed by atoms with E-state index in [1.165, 1.54) is 0 Å². The molecule has 0 aromatic heterocycles. The van der Waals surface area contributed by atoms with Gasteiger partial charge in [-0.15, -0.1) is 0 Å². The maximum Gasteiger partial charge on any atom is 0.138 e. The fraction of sp³-hybridized carbons (Fsp3) is 0.125. The molecule has 0 atom stereocenters. The Morgan fingerprint density at radius 3 is 1.50 bits per heavy atom. The van der Waals surface area contributed by atoms with Gasteiger partial charge < -0.3 is 9.47 Å². The highest BCUT2D eigenvalue weighted by Crippen LogP contribution is 2.40. The van der Waals surface area contributed by atoms with E-state index in [1.54, 1.807) is 14.2 Å². The number of thioether (sulfide) groups is 2. The minimum absolute atomic E-state index is 0.680. The molecule has 4 nitrogen and oxygen atoms in total. The Hall–Kier alpha value is -2.28. The second-order valence-electron chi connectivity index (χ2n) is 4.11. The van der Waals surface area contributed by atoms with Gasteiger partial charge in [-0.1, -0.05) is 0 Å². The fourth-order valence-electron chi connectivity index (χ4n) is 2.03. The lowest BCUT2D eigenvalue weighted by molar-refractivity contribution is 0.410. The van der Waals surface area contributed by atoms with Gasteiger partial charge in [-0.3, -0.25) is 0 Å². The predicted molar refractivity (Wildman–Crippen MR) is 87.9 cm³/mol. The smallest absolute Gasteiger partial charge is 0.138 e. The van der Waals surface area contributed by atoms with Gasteiger partial charge in [0.1, 0.15) is 22.3 Å². The van der Waals surface area contributed by atoms with Gasteiger partial charge >= 0.3 is 0 Å². The van der Waals surface area contributed by atoms with Crippen LogP contribution in [0, 0.1) is 21.3 Å². The first-order chi connectivity index (χ1) is 10.7. The molecule has 0 saturated heterocycles. The summed E-state index contributed by atoms with van der Waals surface area (Å²) < 4.78 is 10.8. The number of hydrogen-bond donors (Lipinski definition) is 0. The molecule has 0 aliphatic heterocycles. The minimum atomic E-state index is 0.680. The summed E-state index contributed by atoms with van der Waals surface area (Å²) in [5.41, 5.74) is 1.64. The molecule has 0 spiro atoms. The maximum atomic E-state index is 8.84. The molecule has 22 heavy (non-hydrogen) atoms. The van der Waals surface area contributed by atoms with Crippen LogP contribution in [0.5, 0.6) is 11.5 Å². The molecule has 0 heterocycles. The quantitative estimate of drug-likeness (QED) is 0.594. The van der Waals surface area contributed by atoms with Crippen LogP contribution < -0.4 is 9.47 Å². The number of nitriles is 2. The maximum absolute atomic E-state index is 8.84. The van der Waals surface area contributed by atoms with Crippen LogP contribution in [0.4, 0.5) is 0 Å². The van der Waals surface area contributed by atoms with E-state index < -0.39 is 0 Å². The number of nitrogens with zero attached hydrogens (tertiary/aromatic N) is 2. The van der Waals surface area contributed by atoms with Crippen molar-refractivity contribution in [2.24, 2.45) is 0 Å². The van der Waals surface area contributed by atoms with E-state index in [0.29, 0.717) is 11.5 Å². The molecule has 0 fully saturated rings. The Balaban J connectivity index is 2.63. The summed E-state index contributed by atoms with van der Waals surface area (Å²) in [4.78, 5) is 1.64. The van der Waals surface area contributed by atoms with Crippen LogP contribution in [0.3, 0.4) is 0 Å². The molecule has 0 aliphatic carbocycles. The average molecular weight is 328 g/mol. The standard InChI is InChI=1S/C16H12N2O2S2/c1-19-15-5-3-11(21-9-17)7-13(15)14-8-12(22-10-18)4-6-16(14)20-2/h3-8H,1-2H3. The second kappa shape index (κ2) is 7.65. The Morgan fingerprint density at radius 2 is 1.18 bits per heavy atom. The van der Waals surface area contributed by atoms with E-state index >= 15 is 0 Å². The first-order valence-electron chi connectivity index (χ1n) is 6.21. The highest BCUT2D eigenvalue weighted by molar-refractivity contribution is 8.04. The van der Waals surface area contributed by atoms with Gasteiger partial charge in [0, 0.05) is 20.9 Å². The van der Waals surface area contributed by atoms with Crippen molar-refractivity contribution < 1.29 is 9.47 Å². The van der Waals surface area contributed by atoms with Crippen molar-refractivity contribution in [2.75, 3.05) is 14.2 Å². The molecule has 0 amide bonds. The molecule has 0 unspecified atom stereocenters. The summed E-state index contributed by atoms with van der Waals surface area (Å²) in [6, 6.07) is 11.1. The van der Waals surface area contributed by atoms with E-state index in [9.17, 15) is 0 Å². The largest absolute Gasteiger partial charge is 0.496 e. The molecular weight excluding hydrogens is 316 g/mol. The van der Waals surface area contributed by atoms with Gasteiger partial charge in [-0.05, 0) is 59.9 Å². The van der Waals surface area contributed by atoms with Crippen LogP contribution in [0.15, 0.2) is 46.2 Å². The van der Waals surface area contributed by atoms with Gasteiger partial charge in [0.2, 0.25) is 0 Å². The molecule has 6 heteroatoms. The monoisotopic (exact) mass is 328 g/mol. The molecule has 110 valence electrons. The van der Waals surface area contributed by atoms with Crippen LogP contribution in [0.25, 0.3) is 11.1 Å². The van der Waals surface area contributed by atoms with Gasteiger partial charge in [0.05, 0.1) is 14.2 Å². The second-order valence-corrected chi connectivity index (χ2v) is 5.83.